The Labute approximate surface area is 62.8 Å². The lowest BCUT2D eigenvalue weighted by atomic mass is 10.1. The number of allylic oxidation sites excluding steroid dienone is 1. The van der Waals surface area contributed by atoms with Gasteiger partial charge in [-0.25, -0.2) is 0 Å². The van der Waals surface area contributed by atoms with E-state index < -0.39 is 8.03 Å². The van der Waals surface area contributed by atoms with Crippen molar-refractivity contribution in [2.45, 2.75) is 20.3 Å². The Morgan fingerprint density at radius 2 is 2.30 bits per heavy atom. The van der Waals surface area contributed by atoms with Crippen molar-refractivity contribution in [2.24, 2.45) is 5.92 Å². The van der Waals surface area contributed by atoms with Gasteiger partial charge in [0, 0.05) is 6.16 Å². The molecule has 0 spiro atoms. The van der Waals surface area contributed by atoms with Crippen LogP contribution in [0.25, 0.3) is 0 Å². The maximum atomic E-state index is 10.3. The Morgan fingerprint density at radius 1 is 1.80 bits per heavy atom. The first kappa shape index (κ1) is 9.93. The minimum Gasteiger partial charge on any atom is -0.346 e. The molecule has 0 aromatic carbocycles. The Kier molecular flexibility index (Phi) is 4.67. The van der Waals surface area contributed by atoms with Gasteiger partial charge in [0.15, 0.2) is 8.03 Å². The van der Waals surface area contributed by atoms with Crippen LogP contribution in [-0.2, 0) is 4.57 Å². The molecule has 2 atom stereocenters. The summed E-state index contributed by atoms with van der Waals surface area (Å²) in [6, 6.07) is 0. The van der Waals surface area contributed by atoms with E-state index in [1.807, 2.05) is 13.8 Å². The van der Waals surface area contributed by atoms with Crippen LogP contribution in [0.5, 0.6) is 0 Å². The zero-order valence-corrected chi connectivity index (χ0v) is 7.55. The fourth-order valence-electron chi connectivity index (χ4n) is 0.965. The van der Waals surface area contributed by atoms with E-state index >= 15 is 0 Å². The smallest absolute Gasteiger partial charge is 0.189 e. The molecule has 0 aliphatic carbocycles. The molecule has 0 saturated heterocycles. The van der Waals surface area contributed by atoms with Crippen LogP contribution >= 0.6 is 8.03 Å². The van der Waals surface area contributed by atoms with Gasteiger partial charge in [-0.2, -0.15) is 0 Å². The average Bonchev–Trinajstić information content (AvgIpc) is 1.58. The van der Waals surface area contributed by atoms with Crippen LogP contribution in [0.4, 0.5) is 0 Å². The van der Waals surface area contributed by atoms with Gasteiger partial charge < -0.3 is 4.89 Å². The van der Waals surface area contributed by atoms with E-state index in [1.54, 1.807) is 0 Å². The van der Waals surface area contributed by atoms with Crippen LogP contribution < -0.4 is 0 Å². The Hall–Kier alpha value is -0.0700. The molecule has 0 amide bonds. The summed E-state index contributed by atoms with van der Waals surface area (Å²) in [5.74, 6) is 0.300. The van der Waals surface area contributed by atoms with Crippen LogP contribution in [0, 0.1) is 5.92 Å². The standard InChI is InChI=1S/C7H15O2P/c1-6(2)4-7(3)5-10(8)9/h7,10H,1,4-5H2,2-3H3,(H,8,9). The van der Waals surface area contributed by atoms with Crippen molar-refractivity contribution in [3.63, 3.8) is 0 Å². The normalized spacial score (nSPS) is 16.3. The summed E-state index contributed by atoms with van der Waals surface area (Å²) in [6.07, 6.45) is 1.29. The van der Waals surface area contributed by atoms with E-state index in [0.29, 0.717) is 12.1 Å². The van der Waals surface area contributed by atoms with E-state index in [-0.39, 0.29) is 0 Å². The van der Waals surface area contributed by atoms with Gasteiger partial charge in [0.2, 0.25) is 0 Å². The summed E-state index contributed by atoms with van der Waals surface area (Å²) in [5.41, 5.74) is 1.08. The van der Waals surface area contributed by atoms with Crippen molar-refractivity contribution in [2.75, 3.05) is 6.16 Å². The number of hydrogen-bond acceptors (Lipinski definition) is 1. The van der Waals surface area contributed by atoms with Crippen molar-refractivity contribution >= 4 is 8.03 Å². The van der Waals surface area contributed by atoms with Crippen molar-refractivity contribution in [3.8, 4) is 0 Å². The lowest BCUT2D eigenvalue weighted by molar-refractivity contribution is 0.489. The summed E-state index contributed by atoms with van der Waals surface area (Å²) in [6.45, 7) is 7.63. The van der Waals surface area contributed by atoms with Gasteiger partial charge in [0.25, 0.3) is 0 Å². The molecule has 2 nitrogen and oxygen atoms in total. The molecule has 0 fully saturated rings. The Bertz CT molecular complexity index is 127. The van der Waals surface area contributed by atoms with Gasteiger partial charge in [0.1, 0.15) is 0 Å². The van der Waals surface area contributed by atoms with Gasteiger partial charge in [0.05, 0.1) is 0 Å². The van der Waals surface area contributed by atoms with Gasteiger partial charge in [-0.3, -0.25) is 4.57 Å². The molecule has 0 aromatic rings. The number of hydrogen-bond donors (Lipinski definition) is 1. The summed E-state index contributed by atoms with van der Waals surface area (Å²) in [4.78, 5) is 8.55. The Morgan fingerprint density at radius 3 is 2.60 bits per heavy atom. The molecule has 60 valence electrons. The Balaban J connectivity index is 3.53. The zero-order valence-electron chi connectivity index (χ0n) is 6.55. The average molecular weight is 162 g/mol. The molecule has 0 rings (SSSR count). The predicted octanol–water partition coefficient (Wildman–Crippen LogP) is 2.06. The zero-order chi connectivity index (χ0) is 8.15. The van der Waals surface area contributed by atoms with Gasteiger partial charge in [-0.1, -0.05) is 12.5 Å². The monoisotopic (exact) mass is 162 g/mol. The maximum Gasteiger partial charge on any atom is 0.189 e. The quantitative estimate of drug-likeness (QED) is 0.507. The summed E-state index contributed by atoms with van der Waals surface area (Å²) < 4.78 is 10.3. The molecule has 0 saturated carbocycles. The van der Waals surface area contributed by atoms with Gasteiger partial charge >= 0.3 is 0 Å². The van der Waals surface area contributed by atoms with Crippen LogP contribution in [-0.4, -0.2) is 11.1 Å². The van der Waals surface area contributed by atoms with Crippen LogP contribution in [0.1, 0.15) is 20.3 Å². The highest BCUT2D eigenvalue weighted by molar-refractivity contribution is 7.37. The van der Waals surface area contributed by atoms with Crippen molar-refractivity contribution in [1.82, 2.24) is 0 Å². The highest BCUT2D eigenvalue weighted by Gasteiger charge is 2.04. The molecule has 0 heterocycles. The minimum absolute atomic E-state index is 0.300. The number of rotatable bonds is 4. The topological polar surface area (TPSA) is 37.3 Å². The van der Waals surface area contributed by atoms with Crippen LogP contribution in [0.3, 0.4) is 0 Å². The minimum atomic E-state index is -2.27. The van der Waals surface area contributed by atoms with E-state index in [4.69, 9.17) is 4.89 Å². The summed E-state index contributed by atoms with van der Waals surface area (Å²) in [7, 11) is -2.27. The largest absolute Gasteiger partial charge is 0.346 e. The van der Waals surface area contributed by atoms with Gasteiger partial charge in [-0.15, -0.1) is 6.58 Å². The van der Waals surface area contributed by atoms with Crippen molar-refractivity contribution < 1.29 is 9.46 Å². The second kappa shape index (κ2) is 4.70. The van der Waals surface area contributed by atoms with Crippen LogP contribution in [0.2, 0.25) is 0 Å². The van der Waals surface area contributed by atoms with E-state index in [9.17, 15) is 4.57 Å². The molecule has 0 radical (unpaired) electrons. The third-order valence-corrected chi connectivity index (χ3v) is 2.27. The van der Waals surface area contributed by atoms with Crippen LogP contribution in [0.15, 0.2) is 12.2 Å². The fraction of sp³-hybridized carbons (Fsp3) is 0.714. The summed E-state index contributed by atoms with van der Waals surface area (Å²) in [5, 5.41) is 0. The molecule has 0 aromatic heterocycles. The summed E-state index contributed by atoms with van der Waals surface area (Å²) >= 11 is 0. The highest BCUT2D eigenvalue weighted by Crippen LogP contribution is 2.21. The first-order valence-electron chi connectivity index (χ1n) is 3.38. The lowest BCUT2D eigenvalue weighted by Gasteiger charge is -2.07. The van der Waals surface area contributed by atoms with Crippen molar-refractivity contribution in [3.05, 3.63) is 12.2 Å². The van der Waals surface area contributed by atoms with E-state index in [0.717, 1.165) is 12.0 Å². The second-order valence-corrected chi connectivity index (χ2v) is 4.06. The van der Waals surface area contributed by atoms with Crippen molar-refractivity contribution in [1.29, 1.82) is 0 Å². The molecule has 1 N–H and O–H groups in total. The molecular weight excluding hydrogens is 147 g/mol. The lowest BCUT2D eigenvalue weighted by Crippen LogP contribution is -1.97. The molecule has 0 bridgehead atoms. The molecule has 0 aliphatic heterocycles. The molecule has 3 heteroatoms. The van der Waals surface area contributed by atoms with Gasteiger partial charge in [-0.05, 0) is 19.3 Å². The molecule has 0 aliphatic rings. The fourth-order valence-corrected chi connectivity index (χ4v) is 1.71. The predicted molar refractivity (Wildman–Crippen MR) is 44.7 cm³/mol. The first-order valence-corrected chi connectivity index (χ1v) is 4.94. The maximum absolute atomic E-state index is 10.3. The molecule has 10 heavy (non-hydrogen) atoms. The molecule has 2 unspecified atom stereocenters. The third-order valence-electron chi connectivity index (χ3n) is 1.22. The SMILES string of the molecule is C=C(C)CC(C)C[PH](=O)O. The third kappa shape index (κ3) is 6.06. The van der Waals surface area contributed by atoms with E-state index in [1.165, 1.54) is 0 Å². The molecular formula is C7H15O2P. The first-order chi connectivity index (χ1) is 4.52. The second-order valence-electron chi connectivity index (χ2n) is 2.86. The highest BCUT2D eigenvalue weighted by atomic mass is 31.1. The van der Waals surface area contributed by atoms with E-state index in [2.05, 4.69) is 6.58 Å².